The zero-order chi connectivity index (χ0) is 22.5. The van der Waals surface area contributed by atoms with Crippen molar-refractivity contribution >= 4 is 36.6 Å². The lowest BCUT2D eigenvalue weighted by molar-refractivity contribution is -0.140. The van der Waals surface area contributed by atoms with E-state index in [1.807, 2.05) is 0 Å². The quantitative estimate of drug-likeness (QED) is 0.388. The molecule has 0 bridgehead atoms. The average Bonchev–Trinajstić information content (AvgIpc) is 3.46. The molecule has 0 unspecified atom stereocenters. The van der Waals surface area contributed by atoms with Gasteiger partial charge < -0.3 is 30.9 Å². The molecule has 11 heteroatoms. The van der Waals surface area contributed by atoms with Crippen LogP contribution in [0.3, 0.4) is 0 Å². The highest BCUT2D eigenvalue weighted by molar-refractivity contribution is 8.00. The normalized spacial score (nSPS) is 26.6. The number of hydrogen-bond acceptors (Lipinski definition) is 7. The first-order valence-electron chi connectivity index (χ1n) is 11.5. The molecule has 2 saturated heterocycles. The highest BCUT2D eigenvalue weighted by Gasteiger charge is 2.42. The van der Waals surface area contributed by atoms with Crippen LogP contribution in [0, 0.1) is 5.92 Å². The minimum absolute atomic E-state index is 0.164. The van der Waals surface area contributed by atoms with Crippen LogP contribution < -0.4 is 11.1 Å². The molecule has 9 nitrogen and oxygen atoms in total. The lowest BCUT2D eigenvalue weighted by Crippen LogP contribution is -2.57. The van der Waals surface area contributed by atoms with Crippen LogP contribution in [0.15, 0.2) is 0 Å². The Labute approximate surface area is 188 Å². The van der Waals surface area contributed by atoms with E-state index in [0.29, 0.717) is 38.1 Å². The van der Waals surface area contributed by atoms with Gasteiger partial charge >= 0.3 is 7.12 Å². The monoisotopic (exact) mass is 454 g/mol. The second-order valence-electron chi connectivity index (χ2n) is 8.80. The molecule has 3 aliphatic rings. The minimum Gasteiger partial charge on any atom is -0.426 e. The Morgan fingerprint density at radius 3 is 2.42 bits per heavy atom. The SMILES string of the molecule is CC[C@H](NC(=O)[C@@H]1SCCN1C(=O)[C@@H](N)C1CCCCC1)C(=O)N1CCC[C@H]1B(O)O. The van der Waals surface area contributed by atoms with Gasteiger partial charge in [0.2, 0.25) is 11.8 Å². The molecule has 3 fully saturated rings. The van der Waals surface area contributed by atoms with Crippen LogP contribution in [0.2, 0.25) is 0 Å². The van der Waals surface area contributed by atoms with E-state index in [1.165, 1.54) is 23.1 Å². The van der Waals surface area contributed by atoms with Gasteiger partial charge in [0.25, 0.3) is 5.91 Å². The summed E-state index contributed by atoms with van der Waals surface area (Å²) >= 11 is 1.39. The molecule has 3 amide bonds. The van der Waals surface area contributed by atoms with Crippen LogP contribution in [0.1, 0.15) is 58.3 Å². The minimum atomic E-state index is -1.60. The Morgan fingerprint density at radius 1 is 1.06 bits per heavy atom. The van der Waals surface area contributed by atoms with Crippen molar-refractivity contribution in [2.75, 3.05) is 18.8 Å². The molecule has 31 heavy (non-hydrogen) atoms. The van der Waals surface area contributed by atoms with Crippen LogP contribution in [-0.2, 0) is 14.4 Å². The molecular weight excluding hydrogens is 419 g/mol. The van der Waals surface area contributed by atoms with Gasteiger partial charge in [0.15, 0.2) is 5.37 Å². The number of carbonyl (C=O) groups excluding carboxylic acids is 3. The number of amides is 3. The highest BCUT2D eigenvalue weighted by atomic mass is 32.2. The third kappa shape index (κ3) is 5.56. The molecule has 3 rings (SSSR count). The van der Waals surface area contributed by atoms with E-state index >= 15 is 0 Å². The van der Waals surface area contributed by atoms with E-state index in [0.717, 1.165) is 25.7 Å². The smallest absolute Gasteiger partial charge is 0.426 e. The first-order valence-corrected chi connectivity index (χ1v) is 12.5. The molecule has 174 valence electrons. The van der Waals surface area contributed by atoms with Gasteiger partial charge in [-0.2, -0.15) is 0 Å². The van der Waals surface area contributed by atoms with Crippen LogP contribution in [-0.4, -0.2) is 86.9 Å². The predicted octanol–water partition coefficient (Wildman–Crippen LogP) is -0.307. The zero-order valence-corrected chi connectivity index (χ0v) is 19.1. The fraction of sp³-hybridized carbons (Fsp3) is 0.850. The maximum atomic E-state index is 13.1. The molecule has 0 aromatic carbocycles. The second kappa shape index (κ2) is 11.0. The average molecular weight is 454 g/mol. The summed E-state index contributed by atoms with van der Waals surface area (Å²) in [4.78, 5) is 42.0. The Kier molecular flexibility index (Phi) is 8.66. The van der Waals surface area contributed by atoms with Crippen LogP contribution >= 0.6 is 11.8 Å². The van der Waals surface area contributed by atoms with Crippen LogP contribution in [0.5, 0.6) is 0 Å². The van der Waals surface area contributed by atoms with Gasteiger partial charge in [-0.05, 0) is 38.0 Å². The molecule has 2 aliphatic heterocycles. The number of carbonyl (C=O) groups is 3. The number of nitrogens with one attached hydrogen (secondary N) is 1. The van der Waals surface area contributed by atoms with Crippen molar-refractivity contribution in [3.8, 4) is 0 Å². The lowest BCUT2D eigenvalue weighted by atomic mass is 9.77. The van der Waals surface area contributed by atoms with Crippen molar-refractivity contribution in [3.05, 3.63) is 0 Å². The fourth-order valence-corrected chi connectivity index (χ4v) is 6.09. The topological polar surface area (TPSA) is 136 Å². The summed E-state index contributed by atoms with van der Waals surface area (Å²) in [5.41, 5.74) is 6.30. The van der Waals surface area contributed by atoms with Gasteiger partial charge in [0.05, 0.1) is 12.0 Å². The largest absolute Gasteiger partial charge is 0.475 e. The van der Waals surface area contributed by atoms with Gasteiger partial charge in [0, 0.05) is 18.8 Å². The van der Waals surface area contributed by atoms with Crippen molar-refractivity contribution in [2.45, 2.75) is 81.7 Å². The van der Waals surface area contributed by atoms with E-state index in [-0.39, 0.29) is 23.6 Å². The van der Waals surface area contributed by atoms with Crippen molar-refractivity contribution in [1.29, 1.82) is 0 Å². The Hall–Kier alpha value is -1.30. The van der Waals surface area contributed by atoms with Crippen molar-refractivity contribution in [1.82, 2.24) is 15.1 Å². The van der Waals surface area contributed by atoms with E-state index in [2.05, 4.69) is 5.32 Å². The summed E-state index contributed by atoms with van der Waals surface area (Å²) < 4.78 is 0. The molecule has 2 heterocycles. The Morgan fingerprint density at radius 2 is 1.77 bits per heavy atom. The Bertz CT molecular complexity index is 663. The molecule has 1 aliphatic carbocycles. The van der Waals surface area contributed by atoms with E-state index in [1.54, 1.807) is 11.8 Å². The summed E-state index contributed by atoms with van der Waals surface area (Å²) in [6, 6.07) is -1.36. The standard InChI is InChI=1S/C20H35BN4O5S/c1-2-14(18(27)24-10-6-9-15(24)21(29)30)23-17(26)20-25(11-12-31-20)19(28)16(22)13-7-4-3-5-8-13/h13-16,20,29-30H,2-12,22H2,1H3,(H,23,26)/t14-,15-,16-,20-/m0/s1. The molecule has 4 atom stereocenters. The van der Waals surface area contributed by atoms with Crippen LogP contribution in [0.4, 0.5) is 0 Å². The third-order valence-corrected chi connectivity index (χ3v) is 7.99. The van der Waals surface area contributed by atoms with Gasteiger partial charge in [-0.25, -0.2) is 0 Å². The number of nitrogens with zero attached hydrogens (tertiary/aromatic N) is 2. The second-order valence-corrected chi connectivity index (χ2v) is 9.99. The van der Waals surface area contributed by atoms with Crippen molar-refractivity contribution in [2.24, 2.45) is 11.7 Å². The van der Waals surface area contributed by atoms with E-state index in [4.69, 9.17) is 5.73 Å². The summed E-state index contributed by atoms with van der Waals surface area (Å²) in [6.07, 6.45) is 6.85. The number of hydrogen-bond donors (Lipinski definition) is 4. The van der Waals surface area contributed by atoms with E-state index in [9.17, 15) is 24.4 Å². The summed E-state index contributed by atoms with van der Waals surface area (Å²) in [7, 11) is -1.60. The first-order chi connectivity index (χ1) is 14.8. The first kappa shape index (κ1) is 24.3. The predicted molar refractivity (Wildman–Crippen MR) is 120 cm³/mol. The molecule has 0 aromatic heterocycles. The number of thioether (sulfide) groups is 1. The van der Waals surface area contributed by atoms with Gasteiger partial charge in [-0.1, -0.05) is 26.2 Å². The summed E-state index contributed by atoms with van der Waals surface area (Å²) in [6.45, 7) is 2.71. The summed E-state index contributed by atoms with van der Waals surface area (Å²) in [5, 5.41) is 21.2. The third-order valence-electron chi connectivity index (χ3n) is 6.79. The number of nitrogens with two attached hydrogens (primary N) is 1. The molecule has 1 saturated carbocycles. The van der Waals surface area contributed by atoms with Crippen molar-refractivity contribution < 1.29 is 24.4 Å². The maximum absolute atomic E-state index is 13.1. The highest BCUT2D eigenvalue weighted by Crippen LogP contribution is 2.30. The molecule has 5 N–H and O–H groups in total. The summed E-state index contributed by atoms with van der Waals surface area (Å²) in [5.74, 6) is -0.696. The number of likely N-dealkylation sites (tertiary alicyclic amines) is 1. The molecule has 0 spiro atoms. The zero-order valence-electron chi connectivity index (χ0n) is 18.2. The maximum Gasteiger partial charge on any atom is 0.475 e. The molecule has 0 radical (unpaired) electrons. The van der Waals surface area contributed by atoms with Gasteiger partial charge in [-0.3, -0.25) is 14.4 Å². The van der Waals surface area contributed by atoms with Gasteiger partial charge in [-0.15, -0.1) is 11.8 Å². The lowest BCUT2D eigenvalue weighted by Gasteiger charge is -2.32. The van der Waals surface area contributed by atoms with Crippen molar-refractivity contribution in [3.63, 3.8) is 0 Å². The molecule has 0 aromatic rings. The van der Waals surface area contributed by atoms with E-state index < -0.39 is 30.5 Å². The fourth-order valence-electron chi connectivity index (χ4n) is 4.96. The van der Waals surface area contributed by atoms with Crippen LogP contribution in [0.25, 0.3) is 0 Å². The molecular formula is C20H35BN4O5S. The number of rotatable bonds is 7. The van der Waals surface area contributed by atoms with Gasteiger partial charge in [0.1, 0.15) is 6.04 Å². The Balaban J connectivity index is 1.62.